The molecule has 3 aliphatic rings. The van der Waals surface area contributed by atoms with Gasteiger partial charge in [0.25, 0.3) is 0 Å². The van der Waals surface area contributed by atoms with Crippen molar-refractivity contribution in [2.45, 2.75) is 38.0 Å². The van der Waals surface area contributed by atoms with Crippen molar-refractivity contribution in [2.75, 3.05) is 50.8 Å². The van der Waals surface area contributed by atoms with Crippen LogP contribution >= 0.6 is 0 Å². The zero-order valence-corrected chi connectivity index (χ0v) is 18.5. The standard InChI is InChI=1S/C23H28F2N4O4/c1-13(27-6-4-26-5-7-27)18-12-28(8-9-33-18)21-17(24)10-15-20(19(21)25)29(14-2-3-14)11-16(22(15)30)23(31)32/h10-11,13-14,18,26H,2-9,12H2,1H3,(H,31,32). The number of carbonyl (C=O) groups is 1. The highest BCUT2D eigenvalue weighted by molar-refractivity contribution is 5.94. The summed E-state index contributed by atoms with van der Waals surface area (Å²) in [4.78, 5) is 28.2. The molecule has 2 atom stereocenters. The van der Waals surface area contributed by atoms with E-state index in [1.807, 2.05) is 0 Å². The van der Waals surface area contributed by atoms with Gasteiger partial charge >= 0.3 is 5.97 Å². The number of nitrogens with one attached hydrogen (secondary N) is 1. The van der Waals surface area contributed by atoms with Crippen LogP contribution in [0.5, 0.6) is 0 Å². The first-order valence-corrected chi connectivity index (χ1v) is 11.5. The number of anilines is 1. The van der Waals surface area contributed by atoms with E-state index in [4.69, 9.17) is 4.74 Å². The number of rotatable bonds is 5. The second-order valence-electron chi connectivity index (χ2n) is 9.11. The highest BCUT2D eigenvalue weighted by Crippen LogP contribution is 2.40. The quantitative estimate of drug-likeness (QED) is 0.701. The lowest BCUT2D eigenvalue weighted by molar-refractivity contribution is -0.0202. The van der Waals surface area contributed by atoms with Gasteiger partial charge in [0, 0.05) is 57.5 Å². The largest absolute Gasteiger partial charge is 0.477 e. The fraction of sp³-hybridized carbons (Fsp3) is 0.565. The second-order valence-corrected chi connectivity index (χ2v) is 9.11. The van der Waals surface area contributed by atoms with E-state index in [0.29, 0.717) is 19.7 Å². The van der Waals surface area contributed by atoms with Crippen LogP contribution in [0.15, 0.2) is 17.1 Å². The number of nitrogens with zero attached hydrogens (tertiary/aromatic N) is 3. The molecular weight excluding hydrogens is 434 g/mol. The molecule has 0 spiro atoms. The van der Waals surface area contributed by atoms with Gasteiger partial charge in [-0.2, -0.15) is 0 Å². The van der Waals surface area contributed by atoms with E-state index in [2.05, 4.69) is 17.1 Å². The zero-order valence-electron chi connectivity index (χ0n) is 18.5. The van der Waals surface area contributed by atoms with Gasteiger partial charge in [0.05, 0.1) is 23.6 Å². The Hall–Kier alpha value is -2.56. The number of ether oxygens (including phenoxy) is 1. The molecule has 8 nitrogen and oxygen atoms in total. The summed E-state index contributed by atoms with van der Waals surface area (Å²) in [5.41, 5.74) is -1.55. The summed E-state index contributed by atoms with van der Waals surface area (Å²) < 4.78 is 38.7. The average molecular weight is 462 g/mol. The Bertz CT molecular complexity index is 1140. The number of carboxylic acid groups (broad SMARTS) is 1. The summed E-state index contributed by atoms with van der Waals surface area (Å²) in [5, 5.41) is 12.5. The number of halogens is 2. The molecular formula is C23H28F2N4O4. The first kappa shape index (κ1) is 22.2. The molecule has 2 N–H and O–H groups in total. The molecule has 2 aromatic rings. The number of pyridine rings is 1. The first-order chi connectivity index (χ1) is 15.9. The van der Waals surface area contributed by atoms with Crippen LogP contribution in [0.1, 0.15) is 36.2 Å². The van der Waals surface area contributed by atoms with Crippen molar-refractivity contribution in [1.29, 1.82) is 0 Å². The summed E-state index contributed by atoms with van der Waals surface area (Å²) in [6.07, 6.45) is 2.49. The molecule has 2 aliphatic heterocycles. The summed E-state index contributed by atoms with van der Waals surface area (Å²) in [6.45, 7) is 6.63. The molecule has 0 amide bonds. The maximum Gasteiger partial charge on any atom is 0.341 e. The van der Waals surface area contributed by atoms with Gasteiger partial charge in [-0.1, -0.05) is 0 Å². The van der Waals surface area contributed by atoms with Gasteiger partial charge in [0.1, 0.15) is 17.1 Å². The minimum atomic E-state index is -1.40. The fourth-order valence-electron chi connectivity index (χ4n) is 5.01. The number of piperazine rings is 1. The maximum absolute atomic E-state index is 15.9. The van der Waals surface area contributed by atoms with Gasteiger partial charge in [0.2, 0.25) is 5.43 Å². The van der Waals surface area contributed by atoms with Crippen LogP contribution in [0.4, 0.5) is 14.5 Å². The number of aromatic carboxylic acids is 1. The number of fused-ring (bicyclic) bond motifs is 1. The molecule has 10 heteroatoms. The van der Waals surface area contributed by atoms with Crippen molar-refractivity contribution in [2.24, 2.45) is 0 Å². The molecule has 3 fully saturated rings. The summed E-state index contributed by atoms with van der Waals surface area (Å²) in [7, 11) is 0. The van der Waals surface area contributed by atoms with Crippen LogP contribution in [0.3, 0.4) is 0 Å². The Kier molecular flexibility index (Phi) is 5.84. The van der Waals surface area contributed by atoms with Gasteiger partial charge < -0.3 is 24.6 Å². The van der Waals surface area contributed by atoms with Gasteiger partial charge in [-0.25, -0.2) is 13.6 Å². The smallest absolute Gasteiger partial charge is 0.341 e. The average Bonchev–Trinajstić information content (AvgIpc) is 3.65. The third-order valence-corrected chi connectivity index (χ3v) is 7.03. The van der Waals surface area contributed by atoms with E-state index < -0.39 is 28.6 Å². The molecule has 1 aromatic carbocycles. The molecule has 1 aliphatic carbocycles. The number of benzene rings is 1. The summed E-state index contributed by atoms with van der Waals surface area (Å²) in [6, 6.07) is 0.986. The Balaban J connectivity index is 1.54. The number of hydrogen-bond donors (Lipinski definition) is 2. The first-order valence-electron chi connectivity index (χ1n) is 11.5. The Labute approximate surface area is 189 Å². The van der Waals surface area contributed by atoms with E-state index in [-0.39, 0.29) is 34.8 Å². The predicted octanol–water partition coefficient (Wildman–Crippen LogP) is 1.81. The second kappa shape index (κ2) is 8.66. The minimum absolute atomic E-state index is 0.0258. The van der Waals surface area contributed by atoms with Crippen molar-refractivity contribution in [3.05, 3.63) is 39.7 Å². The number of carboxylic acids is 1. The third-order valence-electron chi connectivity index (χ3n) is 7.03. The Morgan fingerprint density at radius 1 is 1.24 bits per heavy atom. The summed E-state index contributed by atoms with van der Waals surface area (Å²) >= 11 is 0. The van der Waals surface area contributed by atoms with Crippen molar-refractivity contribution < 1.29 is 23.4 Å². The van der Waals surface area contributed by atoms with Crippen LogP contribution < -0.4 is 15.6 Å². The lowest BCUT2D eigenvalue weighted by Gasteiger charge is -2.42. The molecule has 0 bridgehead atoms. The SMILES string of the molecule is CC(C1CN(c2c(F)cc3c(=O)c(C(=O)O)cn(C4CC4)c3c2F)CCO1)N1CCNCC1. The van der Waals surface area contributed by atoms with Crippen LogP contribution in [0.2, 0.25) is 0 Å². The van der Waals surface area contributed by atoms with Crippen molar-refractivity contribution >= 4 is 22.6 Å². The molecule has 2 saturated heterocycles. The monoisotopic (exact) mass is 462 g/mol. The normalized spacial score (nSPS) is 23.1. The zero-order chi connectivity index (χ0) is 23.3. The molecule has 3 heterocycles. The number of hydrogen-bond acceptors (Lipinski definition) is 6. The molecule has 33 heavy (non-hydrogen) atoms. The lowest BCUT2D eigenvalue weighted by atomic mass is 10.1. The predicted molar refractivity (Wildman–Crippen MR) is 119 cm³/mol. The van der Waals surface area contributed by atoms with Gasteiger partial charge in [0.15, 0.2) is 5.82 Å². The Morgan fingerprint density at radius 2 is 1.97 bits per heavy atom. The minimum Gasteiger partial charge on any atom is -0.477 e. The highest BCUT2D eigenvalue weighted by Gasteiger charge is 2.34. The molecule has 178 valence electrons. The van der Waals surface area contributed by atoms with Crippen molar-refractivity contribution in [3.8, 4) is 0 Å². The van der Waals surface area contributed by atoms with E-state index in [9.17, 15) is 14.7 Å². The molecule has 5 rings (SSSR count). The topological polar surface area (TPSA) is 87.0 Å². The van der Waals surface area contributed by atoms with Crippen LogP contribution in [-0.2, 0) is 4.74 Å². The maximum atomic E-state index is 15.9. The van der Waals surface area contributed by atoms with Crippen molar-refractivity contribution in [1.82, 2.24) is 14.8 Å². The number of morpholine rings is 1. The summed E-state index contributed by atoms with van der Waals surface area (Å²) in [5.74, 6) is -3.09. The van der Waals surface area contributed by atoms with Gasteiger partial charge in [-0.15, -0.1) is 0 Å². The molecule has 2 unspecified atom stereocenters. The number of aromatic nitrogens is 1. The van der Waals surface area contributed by atoms with E-state index in [0.717, 1.165) is 45.1 Å². The van der Waals surface area contributed by atoms with E-state index in [1.54, 1.807) is 4.90 Å². The highest BCUT2D eigenvalue weighted by atomic mass is 19.1. The van der Waals surface area contributed by atoms with Crippen LogP contribution in [0, 0.1) is 11.6 Å². The van der Waals surface area contributed by atoms with E-state index >= 15 is 8.78 Å². The van der Waals surface area contributed by atoms with Gasteiger partial charge in [-0.3, -0.25) is 9.69 Å². The molecule has 1 aromatic heterocycles. The molecule has 0 radical (unpaired) electrons. The third kappa shape index (κ3) is 4.00. The van der Waals surface area contributed by atoms with Crippen LogP contribution in [-0.4, -0.2) is 78.6 Å². The molecule has 1 saturated carbocycles. The van der Waals surface area contributed by atoms with Crippen LogP contribution in [0.25, 0.3) is 10.9 Å². The Morgan fingerprint density at radius 3 is 2.64 bits per heavy atom. The lowest BCUT2D eigenvalue weighted by Crippen LogP contribution is -2.56. The van der Waals surface area contributed by atoms with Gasteiger partial charge in [-0.05, 0) is 25.8 Å². The van der Waals surface area contributed by atoms with Crippen molar-refractivity contribution in [3.63, 3.8) is 0 Å². The van der Waals surface area contributed by atoms with E-state index in [1.165, 1.54) is 10.8 Å². The fourth-order valence-corrected chi connectivity index (χ4v) is 5.01.